The van der Waals surface area contributed by atoms with Crippen LogP contribution in [0.5, 0.6) is 11.5 Å². The number of nitrogens with zero attached hydrogens (tertiary/aromatic N) is 1. The van der Waals surface area contributed by atoms with Crippen LogP contribution >= 0.6 is 0 Å². The fourth-order valence-electron chi connectivity index (χ4n) is 4.60. The van der Waals surface area contributed by atoms with Gasteiger partial charge in [-0.15, -0.1) is 0 Å². The number of methoxy groups -OCH3 is 1. The van der Waals surface area contributed by atoms with Crippen LogP contribution in [0.4, 0.5) is 0 Å². The molecule has 1 amide bonds. The van der Waals surface area contributed by atoms with E-state index >= 15 is 0 Å². The SMILES string of the molecule is CCOc1ccc(/C(O)=C2/C(=O)C(=O)N(CCc3ccc(OC)cc3)C2c2ccco2)cc1C(C)(C)C. The summed E-state index contributed by atoms with van der Waals surface area (Å²) in [6.07, 6.45) is 2.01. The predicted molar refractivity (Wildman–Crippen MR) is 141 cm³/mol. The number of rotatable bonds is 8. The molecule has 0 aliphatic carbocycles. The number of benzene rings is 2. The van der Waals surface area contributed by atoms with E-state index in [2.05, 4.69) is 20.8 Å². The van der Waals surface area contributed by atoms with Gasteiger partial charge in [0.1, 0.15) is 29.1 Å². The van der Waals surface area contributed by atoms with E-state index in [4.69, 9.17) is 13.9 Å². The van der Waals surface area contributed by atoms with Crippen molar-refractivity contribution in [3.8, 4) is 11.5 Å². The highest BCUT2D eigenvalue weighted by atomic mass is 16.5. The number of likely N-dealkylation sites (tertiary alicyclic amines) is 1. The molecule has 4 rings (SSSR count). The Kier molecular flexibility index (Phi) is 7.43. The van der Waals surface area contributed by atoms with Gasteiger partial charge in [-0.2, -0.15) is 0 Å². The topological polar surface area (TPSA) is 89.2 Å². The molecule has 1 aromatic heterocycles. The number of furan rings is 1. The highest BCUT2D eigenvalue weighted by Crippen LogP contribution is 2.41. The Morgan fingerprint density at radius 2 is 1.81 bits per heavy atom. The van der Waals surface area contributed by atoms with E-state index in [9.17, 15) is 14.7 Å². The lowest BCUT2D eigenvalue weighted by molar-refractivity contribution is -0.140. The second kappa shape index (κ2) is 10.5. The van der Waals surface area contributed by atoms with Crippen LogP contribution in [0.1, 0.15) is 56.2 Å². The third-order valence-corrected chi connectivity index (χ3v) is 6.51. The Labute approximate surface area is 217 Å². The van der Waals surface area contributed by atoms with Gasteiger partial charge in [0.15, 0.2) is 0 Å². The lowest BCUT2D eigenvalue weighted by atomic mass is 9.84. The van der Waals surface area contributed by atoms with Crippen molar-refractivity contribution in [3.05, 3.63) is 88.9 Å². The quantitative estimate of drug-likeness (QED) is 0.243. The van der Waals surface area contributed by atoms with Crippen molar-refractivity contribution in [2.75, 3.05) is 20.3 Å². The molecule has 0 spiro atoms. The summed E-state index contributed by atoms with van der Waals surface area (Å²) in [6, 6.07) is 15.5. The Morgan fingerprint density at radius 1 is 1.08 bits per heavy atom. The van der Waals surface area contributed by atoms with Crippen LogP contribution in [0.3, 0.4) is 0 Å². The summed E-state index contributed by atoms with van der Waals surface area (Å²) in [5.41, 5.74) is 2.06. The van der Waals surface area contributed by atoms with E-state index < -0.39 is 17.7 Å². The molecule has 2 aromatic carbocycles. The standard InChI is InChI=1S/C30H33NO6/c1-6-36-23-14-11-20(18-22(23)30(2,3)4)27(32)25-26(24-8-7-17-37-24)31(29(34)28(25)33)16-15-19-9-12-21(35-5)13-10-19/h7-14,17-18,26,32H,6,15-16H2,1-5H3/b27-25-. The van der Waals surface area contributed by atoms with Crippen molar-refractivity contribution in [1.82, 2.24) is 4.90 Å². The summed E-state index contributed by atoms with van der Waals surface area (Å²) in [7, 11) is 1.60. The van der Waals surface area contributed by atoms with Gasteiger partial charge in [-0.05, 0) is 66.8 Å². The smallest absolute Gasteiger partial charge is 0.295 e. The number of hydrogen-bond donors (Lipinski definition) is 1. The zero-order chi connectivity index (χ0) is 26.7. The van der Waals surface area contributed by atoms with Crippen LogP contribution in [0.15, 0.2) is 70.9 Å². The fourth-order valence-corrected chi connectivity index (χ4v) is 4.60. The average Bonchev–Trinajstić information content (AvgIpc) is 3.49. The highest BCUT2D eigenvalue weighted by molar-refractivity contribution is 6.46. The first-order valence-electron chi connectivity index (χ1n) is 12.4. The highest BCUT2D eigenvalue weighted by Gasteiger charge is 2.47. The van der Waals surface area contributed by atoms with Crippen LogP contribution in [-0.4, -0.2) is 42.0 Å². The maximum absolute atomic E-state index is 13.3. The molecule has 0 saturated carbocycles. The number of aliphatic hydroxyl groups is 1. The molecule has 1 saturated heterocycles. The minimum Gasteiger partial charge on any atom is -0.507 e. The van der Waals surface area contributed by atoms with E-state index in [-0.39, 0.29) is 23.3 Å². The molecular weight excluding hydrogens is 470 g/mol. The predicted octanol–water partition coefficient (Wildman–Crippen LogP) is 5.65. The maximum Gasteiger partial charge on any atom is 0.295 e. The summed E-state index contributed by atoms with van der Waals surface area (Å²) in [5.74, 6) is 0.231. The van der Waals surface area contributed by atoms with Gasteiger partial charge in [-0.3, -0.25) is 9.59 Å². The van der Waals surface area contributed by atoms with Gasteiger partial charge in [0.2, 0.25) is 0 Å². The maximum atomic E-state index is 13.3. The van der Waals surface area contributed by atoms with Crippen LogP contribution in [0.2, 0.25) is 0 Å². The lowest BCUT2D eigenvalue weighted by Crippen LogP contribution is -2.31. The number of Topliss-reactive ketones (excluding diaryl/α,β-unsaturated/α-hetero) is 1. The molecule has 1 unspecified atom stereocenters. The molecule has 37 heavy (non-hydrogen) atoms. The average molecular weight is 504 g/mol. The third-order valence-electron chi connectivity index (χ3n) is 6.51. The molecule has 1 atom stereocenters. The lowest BCUT2D eigenvalue weighted by Gasteiger charge is -2.25. The molecule has 2 heterocycles. The van der Waals surface area contributed by atoms with Crippen molar-refractivity contribution in [3.63, 3.8) is 0 Å². The first kappa shape index (κ1) is 26.1. The van der Waals surface area contributed by atoms with Gasteiger partial charge < -0.3 is 23.9 Å². The van der Waals surface area contributed by atoms with Gasteiger partial charge in [0, 0.05) is 17.7 Å². The summed E-state index contributed by atoms with van der Waals surface area (Å²) >= 11 is 0. The number of hydrogen-bond acceptors (Lipinski definition) is 6. The van der Waals surface area contributed by atoms with Gasteiger partial charge >= 0.3 is 0 Å². The van der Waals surface area contributed by atoms with Crippen molar-refractivity contribution < 1.29 is 28.6 Å². The summed E-state index contributed by atoms with van der Waals surface area (Å²) in [5, 5.41) is 11.4. The van der Waals surface area contributed by atoms with Crippen LogP contribution in [0, 0.1) is 0 Å². The largest absolute Gasteiger partial charge is 0.507 e. The van der Waals surface area contributed by atoms with Gasteiger partial charge in [0.05, 0.1) is 25.6 Å². The number of amides is 1. The third kappa shape index (κ3) is 5.26. The molecular formula is C30H33NO6. The molecule has 0 bridgehead atoms. The van der Waals surface area contributed by atoms with Gasteiger partial charge in [-0.1, -0.05) is 32.9 Å². The van der Waals surface area contributed by atoms with E-state index in [1.807, 2.05) is 37.3 Å². The molecule has 1 aliphatic rings. The molecule has 3 aromatic rings. The molecule has 7 heteroatoms. The Bertz CT molecular complexity index is 1300. The van der Waals surface area contributed by atoms with Crippen molar-refractivity contribution in [2.24, 2.45) is 0 Å². The Morgan fingerprint density at radius 3 is 2.41 bits per heavy atom. The van der Waals surface area contributed by atoms with Crippen LogP contribution in [-0.2, 0) is 21.4 Å². The van der Waals surface area contributed by atoms with E-state index in [0.29, 0.717) is 30.1 Å². The molecule has 194 valence electrons. The summed E-state index contributed by atoms with van der Waals surface area (Å²) < 4.78 is 16.7. The van der Waals surface area contributed by atoms with E-state index in [1.165, 1.54) is 11.2 Å². The summed E-state index contributed by atoms with van der Waals surface area (Å²) in [4.78, 5) is 28.0. The normalized spacial score (nSPS) is 17.3. The van der Waals surface area contributed by atoms with Crippen LogP contribution < -0.4 is 9.47 Å². The van der Waals surface area contributed by atoms with E-state index in [1.54, 1.807) is 31.4 Å². The van der Waals surface area contributed by atoms with Gasteiger partial charge in [0.25, 0.3) is 11.7 Å². The second-order valence-corrected chi connectivity index (χ2v) is 10.00. The monoisotopic (exact) mass is 503 g/mol. The van der Waals surface area contributed by atoms with Crippen molar-refractivity contribution in [2.45, 2.75) is 45.6 Å². The molecule has 0 radical (unpaired) electrons. The van der Waals surface area contributed by atoms with Crippen molar-refractivity contribution >= 4 is 17.4 Å². The zero-order valence-corrected chi connectivity index (χ0v) is 21.9. The number of ether oxygens (including phenoxy) is 2. The van der Waals surface area contributed by atoms with E-state index in [0.717, 1.165) is 16.9 Å². The molecule has 1 N–H and O–H groups in total. The first-order chi connectivity index (χ1) is 17.7. The van der Waals surface area contributed by atoms with Gasteiger partial charge in [-0.25, -0.2) is 0 Å². The molecule has 1 aliphatic heterocycles. The minimum atomic E-state index is -0.835. The Balaban J connectivity index is 1.75. The minimum absolute atomic E-state index is 0.0127. The Hall–Kier alpha value is -4.00. The van der Waals surface area contributed by atoms with Crippen LogP contribution in [0.25, 0.3) is 5.76 Å². The number of carbonyl (C=O) groups is 2. The number of aliphatic hydroxyl groups excluding tert-OH is 1. The second-order valence-electron chi connectivity index (χ2n) is 10.00. The zero-order valence-electron chi connectivity index (χ0n) is 21.9. The number of ketones is 1. The van der Waals surface area contributed by atoms with Crippen molar-refractivity contribution in [1.29, 1.82) is 0 Å². The summed E-state index contributed by atoms with van der Waals surface area (Å²) in [6.45, 7) is 8.85. The number of carbonyl (C=O) groups excluding carboxylic acids is 2. The fraction of sp³-hybridized carbons (Fsp3) is 0.333. The molecule has 1 fully saturated rings. The first-order valence-corrected chi connectivity index (χ1v) is 12.4. The molecule has 7 nitrogen and oxygen atoms in total.